The van der Waals surface area contributed by atoms with Crippen LogP contribution >= 0.6 is 0 Å². The van der Waals surface area contributed by atoms with Gasteiger partial charge in [0.25, 0.3) is 0 Å². The van der Waals surface area contributed by atoms with Gasteiger partial charge < -0.3 is 90.7 Å². The van der Waals surface area contributed by atoms with E-state index in [0.29, 0.717) is 63.8 Å². The zero-order valence-corrected chi connectivity index (χ0v) is 80.3. The number of nitrogens with one attached hydrogen (secondary N) is 5. The summed E-state index contributed by atoms with van der Waals surface area (Å²) in [6, 6.07) is 41.0. The molecule has 9 N–H and O–H groups in total. The molecule has 135 heavy (non-hydrogen) atoms. The Hall–Kier alpha value is -12.6. The molecule has 0 radical (unpaired) electrons. The quantitative estimate of drug-likeness (QED) is 0.0176. The van der Waals surface area contributed by atoms with Crippen molar-refractivity contribution in [2.75, 3.05) is 68.5 Å². The number of Topliss-reactive ketones (excluding diaryl/α,β-unsaturated/α-hetero) is 2. The number of urea groups is 2. The second-order valence-electron chi connectivity index (χ2n) is 36.2. The maximum absolute atomic E-state index is 15.1. The van der Waals surface area contributed by atoms with Crippen LogP contribution in [0.1, 0.15) is 165 Å². The van der Waals surface area contributed by atoms with Gasteiger partial charge in [-0.3, -0.25) is 52.7 Å². The zero-order chi connectivity index (χ0) is 97.7. The highest BCUT2D eigenvalue weighted by Crippen LogP contribution is 2.31. The number of fused-ring (bicyclic) bond motifs is 4. The summed E-state index contributed by atoms with van der Waals surface area (Å²) >= 11 is 0. The van der Waals surface area contributed by atoms with Crippen molar-refractivity contribution in [3.63, 3.8) is 0 Å². The number of aliphatic hydroxyl groups is 2. The van der Waals surface area contributed by atoms with Crippen LogP contribution in [0, 0.1) is 0 Å². The molecule has 0 spiro atoms. The van der Waals surface area contributed by atoms with Gasteiger partial charge in [0.15, 0.2) is 11.6 Å². The fourth-order valence-electron chi connectivity index (χ4n) is 18.5. The van der Waals surface area contributed by atoms with E-state index < -0.39 is 144 Å². The summed E-state index contributed by atoms with van der Waals surface area (Å²) in [5.41, 5.74) is 12.1. The first kappa shape index (κ1) is 104. The number of aliphatic hydroxyl groups excluding tert-OH is 2. The van der Waals surface area contributed by atoms with Crippen LogP contribution in [0.5, 0.6) is 0 Å². The van der Waals surface area contributed by atoms with E-state index in [-0.39, 0.29) is 82.0 Å². The van der Waals surface area contributed by atoms with Gasteiger partial charge in [0.05, 0.1) is 43.0 Å². The van der Waals surface area contributed by atoms with Crippen molar-refractivity contribution in [3.8, 4) is 0 Å². The Morgan fingerprint density at radius 1 is 0.415 bits per heavy atom. The summed E-state index contributed by atoms with van der Waals surface area (Å²) in [6.07, 6.45) is 7.70. The first-order chi connectivity index (χ1) is 64.8. The van der Waals surface area contributed by atoms with Gasteiger partial charge in [-0.25, -0.2) is 9.59 Å². The largest absolute Gasteiger partial charge is 0.466 e. The lowest BCUT2D eigenvalue weighted by Crippen LogP contribution is -2.63. The third-order valence-electron chi connectivity index (χ3n) is 26.6. The number of nitrogens with two attached hydrogens (primary N) is 1. The molecule has 726 valence electrons. The molecule has 4 aliphatic rings. The normalized spacial score (nSPS) is 23.0. The van der Waals surface area contributed by atoms with Gasteiger partial charge >= 0.3 is 18.0 Å². The number of carbonyl (C=O) groups is 13. The average molecular weight is 1860 g/mol. The van der Waals surface area contributed by atoms with Crippen molar-refractivity contribution in [2.45, 2.75) is 254 Å². The van der Waals surface area contributed by atoms with Gasteiger partial charge in [-0.1, -0.05) is 210 Å². The number of hydrogen-bond donors (Lipinski definition) is 8. The Morgan fingerprint density at radius 3 is 1.21 bits per heavy atom. The van der Waals surface area contributed by atoms with Gasteiger partial charge in [-0.05, 0) is 148 Å². The highest BCUT2D eigenvalue weighted by molar-refractivity contribution is 6.02. The number of rotatable bonds is 27. The fourth-order valence-corrected chi connectivity index (χ4v) is 18.5. The molecule has 31 nitrogen and oxygen atoms in total. The lowest BCUT2D eigenvalue weighted by atomic mass is 9.95. The Bertz CT molecular complexity index is 5270. The molecule has 12 amide bonds. The number of ether oxygens (including phenoxy) is 1. The van der Waals surface area contributed by atoms with Crippen molar-refractivity contribution in [2.24, 2.45) is 12.8 Å². The number of ketones is 2. The number of hydrogen-bond acceptors (Lipinski definition) is 17. The first-order valence-electron chi connectivity index (χ1n) is 47.6. The van der Waals surface area contributed by atoms with Crippen LogP contribution in [0.15, 0.2) is 182 Å². The van der Waals surface area contributed by atoms with Gasteiger partial charge in [0.2, 0.25) is 47.3 Å². The Labute approximate surface area is 792 Å². The smallest absolute Gasteiger partial charge is 0.318 e. The number of aryl methyl sites for hydroxylation is 1. The Morgan fingerprint density at radius 2 is 0.800 bits per heavy atom. The van der Waals surface area contributed by atoms with Crippen molar-refractivity contribution < 1.29 is 77.3 Å². The SMILES string of the molecule is CCCCCC1C(=O)N[C@@H]([C@@H](C)O)C(=O)N(C)[C@@H](Cc2ccccc2)C(=O)N2CCC[C@H]2C(=O)[C@@H](Cc2ccccc2)NC(=O)N(C)[C@H](Cc2cc3ccccc3n2C)C(=O)N1C.CCCCCCOC(C)=O.C[C@@H](O)[C@@H]1NC(=O)C(CCCCN)N(C)C(=O)[C@@H](Cc2cc3ccccc3[nH]2)N(C)C(=O)N[C@H](Cc2ccccc2)C(=O)[C@@H]2CCCN2C(=O)[C@H](Cc2ccccc2)N(C)C1=O. The van der Waals surface area contributed by atoms with Crippen LogP contribution in [0.25, 0.3) is 21.8 Å². The average Bonchev–Trinajstić information content (AvgIpc) is 1.72. The molecule has 0 aliphatic carbocycles. The van der Waals surface area contributed by atoms with Crippen LogP contribution in [0.3, 0.4) is 0 Å². The molecule has 8 aromatic rings. The topological polar surface area (TPSA) is 392 Å². The number of H-pyrrole nitrogens is 1. The number of esters is 1. The number of aromatic nitrogens is 2. The molecule has 2 unspecified atom stereocenters. The second kappa shape index (κ2) is 50.6. The highest BCUT2D eigenvalue weighted by Gasteiger charge is 2.49. The van der Waals surface area contributed by atoms with Crippen LogP contribution in [0.2, 0.25) is 0 Å². The lowest BCUT2D eigenvalue weighted by molar-refractivity contribution is -0.150. The number of unbranched alkanes of at least 4 members (excludes halogenated alkanes) is 6. The third kappa shape index (κ3) is 27.6. The van der Waals surface area contributed by atoms with Gasteiger partial charge in [0.1, 0.15) is 48.3 Å². The molecular weight excluding hydrogens is 1720 g/mol. The maximum atomic E-state index is 15.1. The molecule has 0 bridgehead atoms. The fraction of sp³-hybridized carbons (Fsp3) is 0.490. The van der Waals surface area contributed by atoms with Gasteiger partial charge in [0, 0.05) is 117 Å². The number of nitrogens with zero attached hydrogens (tertiary/aromatic N) is 9. The molecule has 12 rings (SSSR count). The molecule has 6 heterocycles. The summed E-state index contributed by atoms with van der Waals surface area (Å²) < 4.78 is 6.72. The van der Waals surface area contributed by atoms with Crippen LogP contribution < -0.4 is 27.0 Å². The molecule has 4 fully saturated rings. The summed E-state index contributed by atoms with van der Waals surface area (Å²) in [5.74, 6) is -5.67. The number of benzene rings is 6. The Balaban J connectivity index is 0.000000253. The van der Waals surface area contributed by atoms with E-state index in [9.17, 15) is 67.7 Å². The maximum Gasteiger partial charge on any atom is 0.318 e. The number of para-hydroxylation sites is 2. The van der Waals surface area contributed by atoms with E-state index in [1.165, 1.54) is 122 Å². The zero-order valence-electron chi connectivity index (χ0n) is 80.3. The van der Waals surface area contributed by atoms with E-state index in [1.807, 2.05) is 201 Å². The second-order valence-corrected chi connectivity index (χ2v) is 36.2. The van der Waals surface area contributed by atoms with E-state index in [1.54, 1.807) is 0 Å². The van der Waals surface area contributed by atoms with Crippen LogP contribution in [-0.2, 0) is 103 Å². The van der Waals surface area contributed by atoms with Gasteiger partial charge in [-0.15, -0.1) is 0 Å². The van der Waals surface area contributed by atoms with Crippen LogP contribution in [-0.4, -0.2) is 289 Å². The summed E-state index contributed by atoms with van der Waals surface area (Å²) in [7, 11) is 10.8. The van der Waals surface area contributed by atoms with Crippen LogP contribution in [0.4, 0.5) is 9.59 Å². The summed E-state index contributed by atoms with van der Waals surface area (Å²) in [4.78, 5) is 201. The number of aromatic amines is 1. The number of amides is 12. The molecule has 2 aromatic heterocycles. The molecule has 6 aromatic carbocycles. The minimum Gasteiger partial charge on any atom is -0.466 e. The predicted octanol–water partition coefficient (Wildman–Crippen LogP) is 9.18. The molecule has 4 saturated heterocycles. The minimum absolute atomic E-state index is 0.0312. The summed E-state index contributed by atoms with van der Waals surface area (Å²) in [6.45, 7) is 9.82. The molecular formula is C104H139N15O16. The van der Waals surface area contributed by atoms with Crippen molar-refractivity contribution >= 4 is 98.7 Å². The molecule has 4 aliphatic heterocycles. The van der Waals surface area contributed by atoms with Crippen molar-refractivity contribution in [1.82, 2.24) is 70.0 Å². The van der Waals surface area contributed by atoms with E-state index in [4.69, 9.17) is 10.5 Å². The third-order valence-corrected chi connectivity index (χ3v) is 26.6. The van der Waals surface area contributed by atoms with Crippen molar-refractivity contribution in [1.29, 1.82) is 0 Å². The minimum atomic E-state index is -1.50. The number of carbonyl (C=O) groups excluding carboxylic acids is 13. The lowest BCUT2D eigenvalue weighted by Gasteiger charge is -2.38. The van der Waals surface area contributed by atoms with Crippen molar-refractivity contribution in [3.05, 3.63) is 216 Å². The first-order valence-corrected chi connectivity index (χ1v) is 47.6. The predicted molar refractivity (Wildman–Crippen MR) is 518 cm³/mol. The van der Waals surface area contributed by atoms with Gasteiger partial charge in [-0.2, -0.15) is 0 Å². The van der Waals surface area contributed by atoms with E-state index in [2.05, 4.69) is 33.2 Å². The summed E-state index contributed by atoms with van der Waals surface area (Å²) in [5, 5.41) is 35.6. The van der Waals surface area contributed by atoms with E-state index >= 15 is 4.79 Å². The standard InChI is InChI=1S/C49H63N7O7.C47H60N8O7.C8H16O2/c1-7-8-11-25-40-45(59)51-43(32(2)57)48(62)54(5)41(29-34-21-14-10-15-22-34)47(61)56-27-18-26-39(56)44(58)37(28-33-19-12-9-13-20-33)50-49(63)55(6)42(46(60)53(40)4)31-36-30-35-23-16-17-24-38(35)52(36)3;1-30(56)41-46(61)53(3)39(27-32-18-9-6-10-19-32)45(60)55-25-15-23-37(55)42(57)36(26-31-16-7-5-8-17-31)50-47(62)54(4)40(29-34-28-33-20-11-12-21-35(33)49-34)44(59)52(2)38(43(58)51-41)22-13-14-24-48;1-3-4-5-6-7-10-8(2)9/h9-10,12-17,19-24,30,32,37,39-43,57H,7-8,11,18,25-29,31H2,1-6H3,(H,50,63)(H,51,59);5-12,16-21,28,30,36-41,49,56H,13-15,22-27,29,48H2,1-4H3,(H,50,62)(H,51,58);3-7H2,1-2H3/t32-,37-,39+,40?,41+,42-,43+;30-,36-,37+,38?,39+,40-,41+;/m11./s1. The molecule has 0 saturated carbocycles. The molecule has 14 atom stereocenters. The molecule has 31 heteroatoms. The Kier molecular flexibility index (Phi) is 39.2. The number of likely N-dealkylation sites (N-methyl/N-ethyl adjacent to an activating group) is 6. The monoisotopic (exact) mass is 1850 g/mol. The van der Waals surface area contributed by atoms with E-state index in [0.717, 1.165) is 69.0 Å². The highest BCUT2D eigenvalue weighted by atomic mass is 16.5.